The Hall–Kier alpha value is -1.32. The van der Waals surface area contributed by atoms with Gasteiger partial charge in [0.1, 0.15) is 0 Å². The number of anilines is 1. The minimum atomic E-state index is -0.0108. The van der Waals surface area contributed by atoms with E-state index >= 15 is 0 Å². The molecule has 1 aliphatic carbocycles. The Kier molecular flexibility index (Phi) is 4.39. The fourth-order valence-corrected chi connectivity index (χ4v) is 2.59. The van der Waals surface area contributed by atoms with Gasteiger partial charge in [-0.25, -0.2) is 4.98 Å². The molecular formula is C14H23N3O. The molecule has 1 aliphatic rings. The molecule has 1 fully saturated rings. The van der Waals surface area contributed by atoms with Gasteiger partial charge in [0.15, 0.2) is 5.82 Å². The molecule has 1 saturated carbocycles. The SMILES string of the molecule is CC(C)n1ccnc(NCC2CCCCC2)c1=O. The third-order valence-corrected chi connectivity index (χ3v) is 3.71. The van der Waals surface area contributed by atoms with E-state index in [2.05, 4.69) is 10.3 Å². The van der Waals surface area contributed by atoms with Gasteiger partial charge in [-0.3, -0.25) is 4.79 Å². The number of hydrogen-bond acceptors (Lipinski definition) is 3. The molecule has 0 atom stereocenters. The summed E-state index contributed by atoms with van der Waals surface area (Å²) in [5, 5.41) is 3.23. The molecule has 100 valence electrons. The summed E-state index contributed by atoms with van der Waals surface area (Å²) in [6.45, 7) is 4.89. The van der Waals surface area contributed by atoms with E-state index in [1.807, 2.05) is 13.8 Å². The summed E-state index contributed by atoms with van der Waals surface area (Å²) >= 11 is 0. The number of rotatable bonds is 4. The maximum Gasteiger partial charge on any atom is 0.293 e. The molecule has 4 nitrogen and oxygen atoms in total. The molecule has 2 rings (SSSR count). The van der Waals surface area contributed by atoms with E-state index in [1.165, 1.54) is 32.1 Å². The van der Waals surface area contributed by atoms with Gasteiger partial charge in [-0.1, -0.05) is 19.3 Å². The lowest BCUT2D eigenvalue weighted by molar-refractivity contribution is 0.373. The summed E-state index contributed by atoms with van der Waals surface area (Å²) < 4.78 is 1.72. The summed E-state index contributed by atoms with van der Waals surface area (Å²) in [5.41, 5.74) is -0.0108. The molecule has 0 amide bonds. The zero-order valence-corrected chi connectivity index (χ0v) is 11.4. The van der Waals surface area contributed by atoms with E-state index in [0.29, 0.717) is 11.7 Å². The van der Waals surface area contributed by atoms with E-state index in [9.17, 15) is 4.79 Å². The second-order valence-electron chi connectivity index (χ2n) is 5.47. The first-order valence-electron chi connectivity index (χ1n) is 6.99. The van der Waals surface area contributed by atoms with Gasteiger partial charge in [-0.15, -0.1) is 0 Å². The maximum atomic E-state index is 12.1. The topological polar surface area (TPSA) is 46.9 Å². The lowest BCUT2D eigenvalue weighted by Crippen LogP contribution is -2.27. The number of aromatic nitrogens is 2. The molecule has 0 bridgehead atoms. The Balaban J connectivity index is 2.00. The predicted molar refractivity (Wildman–Crippen MR) is 73.9 cm³/mol. The summed E-state index contributed by atoms with van der Waals surface area (Å²) in [5.74, 6) is 1.20. The van der Waals surface area contributed by atoms with Crippen molar-refractivity contribution < 1.29 is 0 Å². The molecule has 0 spiro atoms. The highest BCUT2D eigenvalue weighted by Crippen LogP contribution is 2.23. The Labute approximate surface area is 108 Å². The first kappa shape index (κ1) is 13.1. The molecule has 0 aliphatic heterocycles. The maximum absolute atomic E-state index is 12.1. The van der Waals surface area contributed by atoms with Crippen LogP contribution < -0.4 is 10.9 Å². The molecule has 0 aromatic carbocycles. The van der Waals surface area contributed by atoms with Crippen LogP contribution in [0.15, 0.2) is 17.2 Å². The van der Waals surface area contributed by atoms with Crippen molar-refractivity contribution in [2.24, 2.45) is 5.92 Å². The van der Waals surface area contributed by atoms with Crippen molar-refractivity contribution in [3.63, 3.8) is 0 Å². The molecule has 1 heterocycles. The fourth-order valence-electron chi connectivity index (χ4n) is 2.59. The van der Waals surface area contributed by atoms with Crippen LogP contribution in [0.5, 0.6) is 0 Å². The predicted octanol–water partition coefficient (Wildman–Crippen LogP) is 2.82. The Morgan fingerprint density at radius 1 is 1.39 bits per heavy atom. The second kappa shape index (κ2) is 6.03. The van der Waals surface area contributed by atoms with Crippen LogP contribution in [-0.4, -0.2) is 16.1 Å². The molecule has 1 N–H and O–H groups in total. The quantitative estimate of drug-likeness (QED) is 0.892. The average molecular weight is 249 g/mol. The van der Waals surface area contributed by atoms with Gasteiger partial charge in [0, 0.05) is 25.0 Å². The summed E-state index contributed by atoms with van der Waals surface area (Å²) in [6, 6.07) is 0.177. The Morgan fingerprint density at radius 3 is 2.78 bits per heavy atom. The van der Waals surface area contributed by atoms with E-state index < -0.39 is 0 Å². The molecule has 0 unspecified atom stereocenters. The molecular weight excluding hydrogens is 226 g/mol. The van der Waals surface area contributed by atoms with Crippen LogP contribution in [0, 0.1) is 5.92 Å². The lowest BCUT2D eigenvalue weighted by atomic mass is 9.89. The van der Waals surface area contributed by atoms with Gasteiger partial charge in [0.25, 0.3) is 5.56 Å². The molecule has 1 aromatic heterocycles. The van der Waals surface area contributed by atoms with Crippen molar-refractivity contribution in [2.45, 2.75) is 52.0 Å². The average Bonchev–Trinajstić information content (AvgIpc) is 2.38. The van der Waals surface area contributed by atoms with Crippen LogP contribution in [0.25, 0.3) is 0 Å². The molecule has 0 radical (unpaired) electrons. The highest BCUT2D eigenvalue weighted by Gasteiger charge is 2.14. The number of nitrogens with one attached hydrogen (secondary N) is 1. The molecule has 1 aromatic rings. The monoisotopic (exact) mass is 249 g/mol. The van der Waals surface area contributed by atoms with Gasteiger partial charge in [-0.05, 0) is 32.6 Å². The highest BCUT2D eigenvalue weighted by atomic mass is 16.1. The zero-order valence-electron chi connectivity index (χ0n) is 11.4. The van der Waals surface area contributed by atoms with Crippen LogP contribution in [0.2, 0.25) is 0 Å². The summed E-state index contributed by atoms with van der Waals surface area (Å²) in [4.78, 5) is 16.3. The van der Waals surface area contributed by atoms with Gasteiger partial charge in [-0.2, -0.15) is 0 Å². The molecule has 4 heteroatoms. The van der Waals surface area contributed by atoms with Crippen molar-refractivity contribution >= 4 is 5.82 Å². The minimum absolute atomic E-state index is 0.0108. The van der Waals surface area contributed by atoms with Gasteiger partial charge in [0.05, 0.1) is 0 Å². The van der Waals surface area contributed by atoms with Gasteiger partial charge < -0.3 is 9.88 Å². The van der Waals surface area contributed by atoms with Crippen molar-refractivity contribution in [3.8, 4) is 0 Å². The van der Waals surface area contributed by atoms with Crippen LogP contribution in [0.1, 0.15) is 52.0 Å². The van der Waals surface area contributed by atoms with Crippen LogP contribution >= 0.6 is 0 Å². The Bertz CT molecular complexity index is 433. The van der Waals surface area contributed by atoms with Crippen molar-refractivity contribution in [1.29, 1.82) is 0 Å². The van der Waals surface area contributed by atoms with E-state index in [0.717, 1.165) is 6.54 Å². The van der Waals surface area contributed by atoms with E-state index in [1.54, 1.807) is 17.0 Å². The first-order chi connectivity index (χ1) is 8.68. The number of hydrogen-bond donors (Lipinski definition) is 1. The summed E-state index contributed by atoms with van der Waals surface area (Å²) in [6.07, 6.45) is 10.0. The molecule has 0 saturated heterocycles. The van der Waals surface area contributed by atoms with Crippen LogP contribution in [-0.2, 0) is 0 Å². The lowest BCUT2D eigenvalue weighted by Gasteiger charge is -2.22. The van der Waals surface area contributed by atoms with Crippen LogP contribution in [0.4, 0.5) is 5.82 Å². The van der Waals surface area contributed by atoms with Crippen molar-refractivity contribution in [3.05, 3.63) is 22.7 Å². The van der Waals surface area contributed by atoms with E-state index in [-0.39, 0.29) is 11.6 Å². The van der Waals surface area contributed by atoms with Gasteiger partial charge >= 0.3 is 0 Å². The smallest absolute Gasteiger partial charge is 0.293 e. The summed E-state index contributed by atoms with van der Waals surface area (Å²) in [7, 11) is 0. The normalized spacial score (nSPS) is 17.1. The first-order valence-corrected chi connectivity index (χ1v) is 6.99. The highest BCUT2D eigenvalue weighted by molar-refractivity contribution is 5.30. The van der Waals surface area contributed by atoms with Gasteiger partial charge in [0.2, 0.25) is 0 Å². The zero-order chi connectivity index (χ0) is 13.0. The van der Waals surface area contributed by atoms with Crippen molar-refractivity contribution in [2.75, 3.05) is 11.9 Å². The fraction of sp³-hybridized carbons (Fsp3) is 0.714. The third kappa shape index (κ3) is 3.12. The molecule has 18 heavy (non-hydrogen) atoms. The second-order valence-corrected chi connectivity index (χ2v) is 5.47. The van der Waals surface area contributed by atoms with Crippen LogP contribution in [0.3, 0.4) is 0 Å². The minimum Gasteiger partial charge on any atom is -0.365 e. The standard InChI is InChI=1S/C14H23N3O/c1-11(2)17-9-8-15-13(14(17)18)16-10-12-6-4-3-5-7-12/h8-9,11-12H,3-7,10H2,1-2H3,(H,15,16). The largest absolute Gasteiger partial charge is 0.365 e. The third-order valence-electron chi connectivity index (χ3n) is 3.71. The Morgan fingerprint density at radius 2 is 2.11 bits per heavy atom. The van der Waals surface area contributed by atoms with E-state index in [4.69, 9.17) is 0 Å². The van der Waals surface area contributed by atoms with Crippen molar-refractivity contribution in [1.82, 2.24) is 9.55 Å². The number of nitrogens with zero attached hydrogens (tertiary/aromatic N) is 2.